The molecule has 5 heteroatoms. The third-order valence-electron chi connectivity index (χ3n) is 3.98. The Kier molecular flexibility index (Phi) is 6.95. The van der Waals surface area contributed by atoms with E-state index in [9.17, 15) is 9.90 Å². The van der Waals surface area contributed by atoms with Crippen molar-refractivity contribution in [2.24, 2.45) is 0 Å². The fourth-order valence-corrected chi connectivity index (χ4v) is 2.66. The molecule has 0 aliphatic carbocycles. The van der Waals surface area contributed by atoms with Crippen LogP contribution in [0, 0.1) is 0 Å². The zero-order valence-corrected chi connectivity index (χ0v) is 17.6. The summed E-state index contributed by atoms with van der Waals surface area (Å²) in [6.07, 6.45) is 6.06. The molecule has 0 saturated carbocycles. The monoisotopic (exact) mass is 386 g/mol. The Bertz CT molecular complexity index is 938. The van der Waals surface area contributed by atoms with E-state index in [0.717, 1.165) is 12.8 Å². The lowest BCUT2D eigenvalue weighted by Gasteiger charge is -2.21. The second-order valence-corrected chi connectivity index (χ2v) is 8.12. The minimum atomic E-state index is -0.834. The molecule has 1 N–H and O–H groups in total. The molecule has 2 rings (SSSR count). The maximum atomic E-state index is 12.0. The van der Waals surface area contributed by atoms with E-state index in [2.05, 4.69) is 19.9 Å². The second kappa shape index (κ2) is 9.00. The molecule has 0 radical (unpaired) electrons. The van der Waals surface area contributed by atoms with Crippen LogP contribution in [0.3, 0.4) is 0 Å². The average Bonchev–Trinajstić information content (AvgIpc) is 2.56. The van der Waals surface area contributed by atoms with Gasteiger partial charge in [-0.05, 0) is 72.6 Å². The van der Waals surface area contributed by atoms with Crippen molar-refractivity contribution in [3.05, 3.63) is 51.9 Å². The normalized spacial score (nSPS) is 12.1. The van der Waals surface area contributed by atoms with E-state index >= 15 is 0 Å². The summed E-state index contributed by atoms with van der Waals surface area (Å²) in [6.45, 7) is 12.3. The van der Waals surface area contributed by atoms with Crippen molar-refractivity contribution in [2.45, 2.75) is 60.0 Å². The molecule has 0 spiro atoms. The number of benzene rings is 1. The van der Waals surface area contributed by atoms with Crippen LogP contribution in [0.1, 0.15) is 54.4 Å². The molecule has 1 heterocycles. The molecule has 1 aromatic heterocycles. The van der Waals surface area contributed by atoms with Gasteiger partial charge in [-0.15, -0.1) is 0 Å². The highest BCUT2D eigenvalue weighted by Gasteiger charge is 2.17. The first-order valence-corrected chi connectivity index (χ1v) is 9.47. The van der Waals surface area contributed by atoms with E-state index in [4.69, 9.17) is 13.9 Å². The van der Waals surface area contributed by atoms with Gasteiger partial charge in [0.15, 0.2) is 5.75 Å². The number of hydrogen-bond acceptors (Lipinski definition) is 5. The fourth-order valence-electron chi connectivity index (χ4n) is 2.66. The summed E-state index contributed by atoms with van der Waals surface area (Å²) in [4.78, 5) is 12.0. The number of ether oxygens (including phenoxy) is 2. The third kappa shape index (κ3) is 6.19. The largest absolute Gasteiger partial charge is 0.499 e. The van der Waals surface area contributed by atoms with Gasteiger partial charge in [0.2, 0.25) is 5.75 Å². The molecule has 0 aliphatic heterocycles. The zero-order valence-electron chi connectivity index (χ0n) is 17.6. The van der Waals surface area contributed by atoms with Gasteiger partial charge in [-0.1, -0.05) is 17.2 Å². The first-order valence-electron chi connectivity index (χ1n) is 9.47. The molecule has 1 aromatic carbocycles. The van der Waals surface area contributed by atoms with Gasteiger partial charge in [-0.3, -0.25) is 0 Å². The molecule has 0 unspecified atom stereocenters. The second-order valence-electron chi connectivity index (χ2n) is 8.12. The van der Waals surface area contributed by atoms with Crippen LogP contribution in [0.25, 0.3) is 11.0 Å². The van der Waals surface area contributed by atoms with E-state index in [1.165, 1.54) is 11.1 Å². The van der Waals surface area contributed by atoms with Crippen LogP contribution in [0.15, 0.2) is 50.7 Å². The van der Waals surface area contributed by atoms with Crippen LogP contribution in [-0.4, -0.2) is 17.3 Å². The van der Waals surface area contributed by atoms with Gasteiger partial charge in [0.25, 0.3) is 0 Å². The summed E-state index contributed by atoms with van der Waals surface area (Å²) in [5.74, 6) is 0.185. The minimum absolute atomic E-state index is 0.127. The molecule has 0 atom stereocenters. The van der Waals surface area contributed by atoms with E-state index in [-0.39, 0.29) is 18.0 Å². The lowest BCUT2D eigenvalue weighted by Crippen LogP contribution is -2.22. The topological polar surface area (TPSA) is 68.9 Å². The van der Waals surface area contributed by atoms with Crippen LogP contribution in [-0.2, 0) is 0 Å². The summed E-state index contributed by atoms with van der Waals surface area (Å²) < 4.78 is 16.7. The number of rotatable bonds is 7. The quantitative estimate of drug-likeness (QED) is 0.485. The van der Waals surface area contributed by atoms with Crippen LogP contribution in [0.4, 0.5) is 0 Å². The number of hydrogen-bond donors (Lipinski definition) is 1. The van der Waals surface area contributed by atoms with Crippen LogP contribution >= 0.6 is 0 Å². The van der Waals surface area contributed by atoms with Crippen molar-refractivity contribution in [1.82, 2.24) is 0 Å². The van der Waals surface area contributed by atoms with Gasteiger partial charge in [0.05, 0.1) is 5.39 Å². The molecular formula is C23H30O5. The van der Waals surface area contributed by atoms with Gasteiger partial charge in [0.1, 0.15) is 23.5 Å². The Hall–Kier alpha value is -2.69. The smallest absolute Gasteiger partial charge is 0.382 e. The van der Waals surface area contributed by atoms with E-state index in [1.807, 2.05) is 33.8 Å². The zero-order chi connectivity index (χ0) is 20.9. The van der Waals surface area contributed by atoms with Crippen molar-refractivity contribution in [2.75, 3.05) is 6.61 Å². The maximum Gasteiger partial charge on any atom is 0.382 e. The van der Waals surface area contributed by atoms with Crippen molar-refractivity contribution in [1.29, 1.82) is 0 Å². The number of aromatic hydroxyl groups is 1. The van der Waals surface area contributed by atoms with Crippen LogP contribution in [0.2, 0.25) is 0 Å². The lowest BCUT2D eigenvalue weighted by molar-refractivity contribution is 0.131. The highest BCUT2D eigenvalue weighted by atomic mass is 16.5. The summed E-state index contributed by atoms with van der Waals surface area (Å²) in [7, 11) is 0. The van der Waals surface area contributed by atoms with Crippen LogP contribution < -0.4 is 15.1 Å². The molecule has 0 amide bonds. The maximum absolute atomic E-state index is 12.0. The standard InChI is InChI=1S/C23H30O5/c1-15(2)8-7-9-16(3)12-13-26-21-18-11-10-17(28-23(4,5)6)14-19(18)27-22(25)20(21)24/h8,10-12,14,24H,7,9,13H2,1-6H3/b16-12+. The van der Waals surface area contributed by atoms with Gasteiger partial charge in [0, 0.05) is 6.07 Å². The summed E-state index contributed by atoms with van der Waals surface area (Å²) in [5, 5.41) is 10.7. The fraction of sp³-hybridized carbons (Fsp3) is 0.435. The molecule has 28 heavy (non-hydrogen) atoms. The average molecular weight is 386 g/mol. The molecule has 0 fully saturated rings. The molecule has 5 nitrogen and oxygen atoms in total. The molecule has 2 aromatic rings. The predicted molar refractivity (Wildman–Crippen MR) is 112 cm³/mol. The molecule has 0 bridgehead atoms. The number of allylic oxidation sites excluding steroid dienone is 3. The Labute approximate surface area is 166 Å². The summed E-state index contributed by atoms with van der Waals surface area (Å²) in [5.41, 5.74) is 1.58. The predicted octanol–water partition coefficient (Wildman–Crippen LogP) is 5.75. The third-order valence-corrected chi connectivity index (χ3v) is 3.98. The van der Waals surface area contributed by atoms with Gasteiger partial charge in [-0.25, -0.2) is 4.79 Å². The molecular weight excluding hydrogens is 356 g/mol. The van der Waals surface area contributed by atoms with Crippen molar-refractivity contribution in [3.63, 3.8) is 0 Å². The Morgan fingerprint density at radius 3 is 2.54 bits per heavy atom. The van der Waals surface area contributed by atoms with Crippen molar-refractivity contribution < 1.29 is 19.0 Å². The summed E-state index contributed by atoms with van der Waals surface area (Å²) >= 11 is 0. The first kappa shape index (κ1) is 21.6. The molecule has 152 valence electrons. The minimum Gasteiger partial charge on any atom is -0.499 e. The SMILES string of the molecule is CC(C)=CCC/C(C)=C/COc1c(O)c(=O)oc2cc(OC(C)(C)C)ccc12. The van der Waals surface area contributed by atoms with Crippen molar-refractivity contribution in [3.8, 4) is 17.2 Å². The Balaban J connectivity index is 2.22. The van der Waals surface area contributed by atoms with E-state index in [1.54, 1.807) is 18.2 Å². The Morgan fingerprint density at radius 2 is 1.89 bits per heavy atom. The van der Waals surface area contributed by atoms with Gasteiger partial charge >= 0.3 is 5.63 Å². The van der Waals surface area contributed by atoms with E-state index in [0.29, 0.717) is 16.7 Å². The highest BCUT2D eigenvalue weighted by Crippen LogP contribution is 2.34. The van der Waals surface area contributed by atoms with Gasteiger partial charge in [-0.2, -0.15) is 0 Å². The van der Waals surface area contributed by atoms with E-state index < -0.39 is 11.4 Å². The first-order chi connectivity index (χ1) is 13.1. The molecule has 0 aliphatic rings. The van der Waals surface area contributed by atoms with Crippen molar-refractivity contribution >= 4 is 11.0 Å². The molecule has 0 saturated heterocycles. The van der Waals surface area contributed by atoms with Crippen LogP contribution in [0.5, 0.6) is 17.2 Å². The number of fused-ring (bicyclic) bond motifs is 1. The summed E-state index contributed by atoms with van der Waals surface area (Å²) in [6, 6.07) is 5.12. The Morgan fingerprint density at radius 1 is 1.18 bits per heavy atom. The lowest BCUT2D eigenvalue weighted by atomic mass is 10.1. The highest BCUT2D eigenvalue weighted by molar-refractivity contribution is 5.86. The van der Waals surface area contributed by atoms with Gasteiger partial charge < -0.3 is 19.0 Å².